The fourth-order valence-corrected chi connectivity index (χ4v) is 5.26. The summed E-state index contributed by atoms with van der Waals surface area (Å²) in [7, 11) is 0. The van der Waals surface area contributed by atoms with Gasteiger partial charge in [-0.15, -0.1) is 0 Å². The van der Waals surface area contributed by atoms with Crippen LogP contribution in [0.2, 0.25) is 5.02 Å². The van der Waals surface area contributed by atoms with E-state index in [9.17, 15) is 18.8 Å². The van der Waals surface area contributed by atoms with Crippen molar-refractivity contribution in [2.24, 2.45) is 0 Å². The summed E-state index contributed by atoms with van der Waals surface area (Å²) in [5, 5.41) is 3.42. The number of aryl methyl sites for hydroxylation is 1. The zero-order chi connectivity index (χ0) is 26.1. The molecule has 1 aromatic heterocycles. The van der Waals surface area contributed by atoms with E-state index in [0.29, 0.717) is 17.3 Å². The monoisotopic (exact) mass is 533 g/mol. The van der Waals surface area contributed by atoms with Crippen molar-refractivity contribution in [2.75, 3.05) is 11.9 Å². The number of nitrogens with one attached hydrogen (secondary N) is 1. The Morgan fingerprint density at radius 1 is 1.08 bits per heavy atom. The van der Waals surface area contributed by atoms with Crippen LogP contribution in [0.4, 0.5) is 14.9 Å². The first kappa shape index (κ1) is 24.8. The van der Waals surface area contributed by atoms with Crippen LogP contribution in [0, 0.1) is 12.7 Å². The van der Waals surface area contributed by atoms with Gasteiger partial charge in [0.15, 0.2) is 0 Å². The van der Waals surface area contributed by atoms with Crippen molar-refractivity contribution in [1.29, 1.82) is 0 Å². The molecule has 0 saturated carbocycles. The topological polar surface area (TPSA) is 71.4 Å². The first-order valence-electron chi connectivity index (χ1n) is 11.4. The third kappa shape index (κ3) is 5.30. The van der Waals surface area contributed by atoms with Crippen LogP contribution in [-0.4, -0.2) is 33.1 Å². The highest BCUT2D eigenvalue weighted by Gasteiger charge is 2.36. The summed E-state index contributed by atoms with van der Waals surface area (Å²) < 4.78 is 15.4. The van der Waals surface area contributed by atoms with E-state index in [1.165, 1.54) is 12.1 Å². The van der Waals surface area contributed by atoms with E-state index in [0.717, 1.165) is 44.3 Å². The largest absolute Gasteiger partial charge is 0.342 e. The van der Waals surface area contributed by atoms with Crippen LogP contribution >= 0.6 is 23.4 Å². The molecule has 1 N–H and O–H groups in total. The van der Waals surface area contributed by atoms with Crippen molar-refractivity contribution in [1.82, 2.24) is 9.47 Å². The Hall–Kier alpha value is -3.88. The summed E-state index contributed by atoms with van der Waals surface area (Å²) in [4.78, 5) is 39.3. The SMILES string of the molecule is Cc1cccc(NC(=O)CN2C(=O)S/C(=C\c3cn(Cc4ccc(F)cc4Cl)c4ccccc34)C2=O)c1. The fourth-order valence-electron chi connectivity index (χ4n) is 4.20. The Morgan fingerprint density at radius 2 is 1.89 bits per heavy atom. The lowest BCUT2D eigenvalue weighted by atomic mass is 10.1. The number of anilines is 1. The maximum atomic E-state index is 13.5. The van der Waals surface area contributed by atoms with E-state index in [2.05, 4.69) is 5.32 Å². The van der Waals surface area contributed by atoms with Crippen LogP contribution in [0.15, 0.2) is 77.8 Å². The summed E-state index contributed by atoms with van der Waals surface area (Å²) in [6.07, 6.45) is 3.53. The second kappa shape index (κ2) is 10.2. The van der Waals surface area contributed by atoms with E-state index in [-0.39, 0.29) is 11.4 Å². The lowest BCUT2D eigenvalue weighted by molar-refractivity contribution is -0.127. The number of para-hydroxylation sites is 1. The summed E-state index contributed by atoms with van der Waals surface area (Å²) in [5.41, 5.74) is 3.96. The van der Waals surface area contributed by atoms with Crippen molar-refractivity contribution in [2.45, 2.75) is 13.5 Å². The Balaban J connectivity index is 1.38. The molecule has 0 aliphatic carbocycles. The molecule has 0 atom stereocenters. The highest BCUT2D eigenvalue weighted by atomic mass is 35.5. The lowest BCUT2D eigenvalue weighted by Gasteiger charge is -2.12. The molecule has 9 heteroatoms. The van der Waals surface area contributed by atoms with Crippen molar-refractivity contribution in [3.8, 4) is 0 Å². The zero-order valence-corrected chi connectivity index (χ0v) is 21.3. The van der Waals surface area contributed by atoms with Gasteiger partial charge in [-0.05, 0) is 66.2 Å². The van der Waals surface area contributed by atoms with Crippen molar-refractivity contribution in [3.63, 3.8) is 0 Å². The molecular weight excluding hydrogens is 513 g/mol. The molecular formula is C28H21ClFN3O3S. The van der Waals surface area contributed by atoms with E-state index in [1.807, 2.05) is 54.1 Å². The predicted octanol–water partition coefficient (Wildman–Crippen LogP) is 6.47. The molecule has 3 amide bonds. The number of hydrogen-bond acceptors (Lipinski definition) is 4. The molecule has 6 nitrogen and oxygen atoms in total. The van der Waals surface area contributed by atoms with Gasteiger partial charge in [0.05, 0.1) is 4.91 Å². The molecule has 37 heavy (non-hydrogen) atoms. The first-order valence-corrected chi connectivity index (χ1v) is 12.6. The highest BCUT2D eigenvalue weighted by molar-refractivity contribution is 8.18. The van der Waals surface area contributed by atoms with Crippen LogP contribution < -0.4 is 5.32 Å². The Bertz CT molecular complexity index is 1600. The standard InChI is InChI=1S/C28H21ClFN3O3S/c1-17-5-4-6-21(11-17)31-26(34)16-33-27(35)25(37-28(33)36)12-19-15-32(24-8-3-2-7-22(19)24)14-18-9-10-20(30)13-23(18)29/h2-13,15H,14,16H2,1H3,(H,31,34)/b25-12-. The smallest absolute Gasteiger partial charge is 0.294 e. The third-order valence-corrected chi connectivity index (χ3v) is 7.20. The van der Waals surface area contributed by atoms with E-state index >= 15 is 0 Å². The van der Waals surface area contributed by atoms with E-state index in [1.54, 1.807) is 24.3 Å². The van der Waals surface area contributed by atoms with Gasteiger partial charge in [-0.2, -0.15) is 0 Å². The van der Waals surface area contributed by atoms with Crippen LogP contribution in [0.3, 0.4) is 0 Å². The predicted molar refractivity (Wildman–Crippen MR) is 145 cm³/mol. The number of amides is 3. The van der Waals surface area contributed by atoms with Crippen LogP contribution in [-0.2, 0) is 16.1 Å². The van der Waals surface area contributed by atoms with E-state index < -0.39 is 22.9 Å². The maximum absolute atomic E-state index is 13.5. The Morgan fingerprint density at radius 3 is 2.68 bits per heavy atom. The number of carbonyl (C=O) groups excluding carboxylic acids is 3. The number of thioether (sulfide) groups is 1. The molecule has 1 aliphatic rings. The van der Waals surface area contributed by atoms with Gasteiger partial charge in [0.25, 0.3) is 11.1 Å². The van der Waals surface area contributed by atoms with Crippen molar-refractivity contribution >= 4 is 63.1 Å². The normalized spacial score (nSPS) is 14.7. The molecule has 3 aromatic carbocycles. The fraction of sp³-hybridized carbons (Fsp3) is 0.107. The molecule has 4 aromatic rings. The summed E-state index contributed by atoms with van der Waals surface area (Å²) in [6.45, 7) is 1.93. The first-order chi connectivity index (χ1) is 17.8. The van der Waals surface area contributed by atoms with Gasteiger partial charge >= 0.3 is 0 Å². The number of rotatable bonds is 6. The molecule has 186 valence electrons. The molecule has 1 saturated heterocycles. The molecule has 0 radical (unpaired) electrons. The van der Waals surface area contributed by atoms with Gasteiger partial charge in [-0.25, -0.2) is 4.39 Å². The van der Waals surface area contributed by atoms with Gasteiger partial charge in [0, 0.05) is 39.9 Å². The number of benzene rings is 3. The van der Waals surface area contributed by atoms with Crippen LogP contribution in [0.25, 0.3) is 17.0 Å². The van der Waals surface area contributed by atoms with Crippen molar-refractivity contribution < 1.29 is 18.8 Å². The second-order valence-corrected chi connectivity index (χ2v) is 10.1. The minimum Gasteiger partial charge on any atom is -0.342 e. The molecule has 1 fully saturated rings. The molecule has 2 heterocycles. The minimum atomic E-state index is -0.521. The lowest BCUT2D eigenvalue weighted by Crippen LogP contribution is -2.36. The Kier molecular flexibility index (Phi) is 6.86. The van der Waals surface area contributed by atoms with Gasteiger partial charge in [-0.1, -0.05) is 48.0 Å². The maximum Gasteiger partial charge on any atom is 0.294 e. The number of nitrogens with zero attached hydrogens (tertiary/aromatic N) is 2. The number of hydrogen-bond donors (Lipinski definition) is 1. The average Bonchev–Trinajstić information content (AvgIpc) is 3.33. The summed E-state index contributed by atoms with van der Waals surface area (Å²) in [6, 6.07) is 19.2. The van der Waals surface area contributed by atoms with Crippen LogP contribution in [0.1, 0.15) is 16.7 Å². The highest BCUT2D eigenvalue weighted by Crippen LogP contribution is 2.34. The molecule has 0 bridgehead atoms. The minimum absolute atomic E-state index is 0.232. The number of carbonyl (C=O) groups is 3. The summed E-state index contributed by atoms with van der Waals surface area (Å²) in [5.74, 6) is -1.38. The van der Waals surface area contributed by atoms with Gasteiger partial charge in [0.1, 0.15) is 12.4 Å². The summed E-state index contributed by atoms with van der Waals surface area (Å²) >= 11 is 7.04. The van der Waals surface area contributed by atoms with Gasteiger partial charge in [0.2, 0.25) is 5.91 Å². The second-order valence-electron chi connectivity index (χ2n) is 8.65. The molecule has 0 unspecified atom stereocenters. The van der Waals surface area contributed by atoms with E-state index in [4.69, 9.17) is 11.6 Å². The third-order valence-electron chi connectivity index (χ3n) is 5.94. The molecule has 0 spiro atoms. The van der Waals surface area contributed by atoms with Gasteiger partial charge in [-0.3, -0.25) is 19.3 Å². The number of fused-ring (bicyclic) bond motifs is 1. The zero-order valence-electron chi connectivity index (χ0n) is 19.7. The average molecular weight is 534 g/mol. The number of halogens is 2. The molecule has 5 rings (SSSR count). The van der Waals surface area contributed by atoms with Crippen LogP contribution in [0.5, 0.6) is 0 Å². The number of aromatic nitrogens is 1. The quantitative estimate of drug-likeness (QED) is 0.288. The number of imide groups is 1. The van der Waals surface area contributed by atoms with Crippen molar-refractivity contribution in [3.05, 3.63) is 105 Å². The Labute approximate surface area is 221 Å². The van der Waals surface area contributed by atoms with Gasteiger partial charge < -0.3 is 9.88 Å². The molecule has 1 aliphatic heterocycles.